The van der Waals surface area contributed by atoms with Crippen molar-refractivity contribution in [2.24, 2.45) is 0 Å². The van der Waals surface area contributed by atoms with Crippen LogP contribution in [0.5, 0.6) is 5.75 Å². The highest BCUT2D eigenvalue weighted by molar-refractivity contribution is 7.89. The standard InChI is InChI=1S/C12H19NO6S/c1-9-5-10(3-4-11(9)19-2)20(17,18)13-12(6-14,7-15)8-16/h3-5,13-16H,6-8H2,1-2H3. The molecular formula is C12H19NO6S. The van der Waals surface area contributed by atoms with E-state index in [9.17, 15) is 8.42 Å². The van der Waals surface area contributed by atoms with E-state index in [2.05, 4.69) is 4.72 Å². The number of aliphatic hydroxyl groups is 3. The monoisotopic (exact) mass is 305 g/mol. The largest absolute Gasteiger partial charge is 0.496 e. The first kappa shape index (κ1) is 16.9. The molecular weight excluding hydrogens is 286 g/mol. The summed E-state index contributed by atoms with van der Waals surface area (Å²) in [5.74, 6) is 0.543. The van der Waals surface area contributed by atoms with E-state index in [-0.39, 0.29) is 4.90 Å². The average molecular weight is 305 g/mol. The van der Waals surface area contributed by atoms with Gasteiger partial charge in [-0.05, 0) is 30.7 Å². The van der Waals surface area contributed by atoms with Gasteiger partial charge in [-0.2, -0.15) is 4.72 Å². The first-order valence-corrected chi connectivity index (χ1v) is 7.33. The number of aliphatic hydroxyl groups excluding tert-OH is 3. The second kappa shape index (κ2) is 6.51. The number of ether oxygens (including phenoxy) is 1. The van der Waals surface area contributed by atoms with Crippen LogP contribution in [0.15, 0.2) is 23.1 Å². The highest BCUT2D eigenvalue weighted by Crippen LogP contribution is 2.22. The van der Waals surface area contributed by atoms with Crippen molar-refractivity contribution >= 4 is 10.0 Å². The van der Waals surface area contributed by atoms with Crippen LogP contribution < -0.4 is 9.46 Å². The molecule has 0 aliphatic heterocycles. The molecule has 0 bridgehead atoms. The van der Waals surface area contributed by atoms with Crippen molar-refractivity contribution in [1.82, 2.24) is 4.72 Å². The zero-order valence-electron chi connectivity index (χ0n) is 11.3. The molecule has 0 aromatic heterocycles. The van der Waals surface area contributed by atoms with Crippen molar-refractivity contribution in [2.45, 2.75) is 17.4 Å². The third-order valence-corrected chi connectivity index (χ3v) is 4.51. The zero-order chi connectivity index (χ0) is 15.4. The lowest BCUT2D eigenvalue weighted by Crippen LogP contribution is -2.56. The van der Waals surface area contributed by atoms with Crippen LogP contribution in [0, 0.1) is 6.92 Å². The molecule has 7 nitrogen and oxygen atoms in total. The van der Waals surface area contributed by atoms with E-state index in [1.54, 1.807) is 6.92 Å². The Labute approximate surface area is 117 Å². The van der Waals surface area contributed by atoms with E-state index in [4.69, 9.17) is 20.1 Å². The molecule has 4 N–H and O–H groups in total. The highest BCUT2D eigenvalue weighted by Gasteiger charge is 2.34. The van der Waals surface area contributed by atoms with E-state index in [0.717, 1.165) is 0 Å². The van der Waals surface area contributed by atoms with Crippen molar-refractivity contribution < 1.29 is 28.5 Å². The Morgan fingerprint density at radius 3 is 2.15 bits per heavy atom. The second-order valence-corrected chi connectivity index (χ2v) is 6.17. The first-order chi connectivity index (χ1) is 9.34. The average Bonchev–Trinajstić information content (AvgIpc) is 2.44. The van der Waals surface area contributed by atoms with Crippen molar-refractivity contribution in [2.75, 3.05) is 26.9 Å². The molecule has 0 atom stereocenters. The van der Waals surface area contributed by atoms with Gasteiger partial charge in [-0.25, -0.2) is 8.42 Å². The third kappa shape index (κ3) is 3.47. The molecule has 0 aliphatic rings. The summed E-state index contributed by atoms with van der Waals surface area (Å²) in [5, 5.41) is 27.5. The number of benzene rings is 1. The summed E-state index contributed by atoms with van der Waals surface area (Å²) >= 11 is 0. The van der Waals surface area contributed by atoms with Gasteiger partial charge in [0.2, 0.25) is 10.0 Å². The fourth-order valence-electron chi connectivity index (χ4n) is 1.61. The molecule has 1 aromatic rings. The molecule has 0 saturated heterocycles. The minimum absolute atomic E-state index is 0.0458. The Balaban J connectivity index is 3.14. The van der Waals surface area contributed by atoms with Crippen LogP contribution in [0.25, 0.3) is 0 Å². The van der Waals surface area contributed by atoms with Crippen LogP contribution in [0.1, 0.15) is 5.56 Å². The van der Waals surface area contributed by atoms with Crippen molar-refractivity contribution in [1.29, 1.82) is 0 Å². The van der Waals surface area contributed by atoms with Crippen LogP contribution >= 0.6 is 0 Å². The van der Waals surface area contributed by atoms with Gasteiger partial charge >= 0.3 is 0 Å². The maximum absolute atomic E-state index is 12.2. The van der Waals surface area contributed by atoms with E-state index in [0.29, 0.717) is 11.3 Å². The fraction of sp³-hybridized carbons (Fsp3) is 0.500. The zero-order valence-corrected chi connectivity index (χ0v) is 12.1. The lowest BCUT2D eigenvalue weighted by atomic mass is 10.1. The summed E-state index contributed by atoms with van der Waals surface area (Å²) in [6.07, 6.45) is 0. The van der Waals surface area contributed by atoms with Gasteiger partial charge in [0.15, 0.2) is 0 Å². The molecule has 114 valence electrons. The second-order valence-electron chi connectivity index (χ2n) is 4.49. The van der Waals surface area contributed by atoms with E-state index in [1.165, 1.54) is 25.3 Å². The van der Waals surface area contributed by atoms with Crippen LogP contribution in [0.2, 0.25) is 0 Å². The van der Waals surface area contributed by atoms with Gasteiger partial charge in [0.25, 0.3) is 0 Å². The van der Waals surface area contributed by atoms with E-state index in [1.807, 2.05) is 0 Å². The molecule has 0 saturated carbocycles. The summed E-state index contributed by atoms with van der Waals surface area (Å²) in [7, 11) is -2.51. The third-order valence-electron chi connectivity index (χ3n) is 2.94. The number of aryl methyl sites for hydroxylation is 1. The Kier molecular flexibility index (Phi) is 5.49. The van der Waals surface area contributed by atoms with Gasteiger partial charge in [-0.1, -0.05) is 0 Å². The molecule has 8 heteroatoms. The van der Waals surface area contributed by atoms with Crippen LogP contribution in [-0.2, 0) is 10.0 Å². The molecule has 0 amide bonds. The lowest BCUT2D eigenvalue weighted by molar-refractivity contribution is 0.0582. The molecule has 0 heterocycles. The molecule has 0 fully saturated rings. The Bertz CT molecular complexity index is 545. The number of sulfonamides is 1. The minimum atomic E-state index is -3.99. The lowest BCUT2D eigenvalue weighted by Gasteiger charge is -2.28. The summed E-state index contributed by atoms with van der Waals surface area (Å²) in [6, 6.07) is 4.24. The summed E-state index contributed by atoms with van der Waals surface area (Å²) < 4.78 is 31.5. The van der Waals surface area contributed by atoms with Gasteiger partial charge in [-0.15, -0.1) is 0 Å². The van der Waals surface area contributed by atoms with Crippen molar-refractivity contribution in [3.63, 3.8) is 0 Å². The Morgan fingerprint density at radius 2 is 1.75 bits per heavy atom. The number of hydrogen-bond donors (Lipinski definition) is 4. The number of nitrogens with one attached hydrogen (secondary N) is 1. The molecule has 1 rings (SSSR count). The SMILES string of the molecule is COc1ccc(S(=O)(=O)NC(CO)(CO)CO)cc1C. The Hall–Kier alpha value is -1.19. The quantitative estimate of drug-likeness (QED) is 0.513. The van der Waals surface area contributed by atoms with E-state index >= 15 is 0 Å². The predicted octanol–water partition coefficient (Wildman–Crippen LogP) is -1.00. The molecule has 0 radical (unpaired) electrons. The van der Waals surface area contributed by atoms with Gasteiger partial charge in [0.1, 0.15) is 11.3 Å². The summed E-state index contributed by atoms with van der Waals surface area (Å²) in [6.45, 7) is -0.494. The molecule has 1 aromatic carbocycles. The summed E-state index contributed by atoms with van der Waals surface area (Å²) in [5.41, 5.74) is -1.08. The highest BCUT2D eigenvalue weighted by atomic mass is 32.2. The topological polar surface area (TPSA) is 116 Å². The first-order valence-electron chi connectivity index (χ1n) is 5.85. The Morgan fingerprint density at radius 1 is 1.20 bits per heavy atom. The molecule has 0 unspecified atom stereocenters. The number of hydrogen-bond acceptors (Lipinski definition) is 6. The maximum Gasteiger partial charge on any atom is 0.241 e. The van der Waals surface area contributed by atoms with Gasteiger partial charge in [0, 0.05) is 0 Å². The maximum atomic E-state index is 12.2. The molecule has 20 heavy (non-hydrogen) atoms. The van der Waals surface area contributed by atoms with Gasteiger partial charge in [-0.3, -0.25) is 0 Å². The molecule has 0 spiro atoms. The van der Waals surface area contributed by atoms with Crippen molar-refractivity contribution in [3.8, 4) is 5.75 Å². The van der Waals surface area contributed by atoms with Crippen LogP contribution in [0.3, 0.4) is 0 Å². The smallest absolute Gasteiger partial charge is 0.241 e. The van der Waals surface area contributed by atoms with Gasteiger partial charge in [0.05, 0.1) is 31.8 Å². The number of methoxy groups -OCH3 is 1. The van der Waals surface area contributed by atoms with Crippen molar-refractivity contribution in [3.05, 3.63) is 23.8 Å². The summed E-state index contributed by atoms with van der Waals surface area (Å²) in [4.78, 5) is -0.0458. The normalized spacial score (nSPS) is 12.4. The van der Waals surface area contributed by atoms with Gasteiger partial charge < -0.3 is 20.1 Å². The minimum Gasteiger partial charge on any atom is -0.496 e. The van der Waals surface area contributed by atoms with Crippen LogP contribution in [0.4, 0.5) is 0 Å². The van der Waals surface area contributed by atoms with Crippen LogP contribution in [-0.4, -0.2) is 56.2 Å². The predicted molar refractivity (Wildman–Crippen MR) is 72.0 cm³/mol. The fourth-order valence-corrected chi connectivity index (χ4v) is 3.07. The van der Waals surface area contributed by atoms with E-state index < -0.39 is 35.4 Å². The number of rotatable bonds is 7. The molecule has 0 aliphatic carbocycles.